The van der Waals surface area contributed by atoms with Crippen LogP contribution in [0.15, 0.2) is 35.0 Å². The van der Waals surface area contributed by atoms with E-state index in [0.29, 0.717) is 23.7 Å². The number of rotatable bonds is 0. The summed E-state index contributed by atoms with van der Waals surface area (Å²) in [6.07, 6.45) is 0.494. The first-order valence-corrected chi connectivity index (χ1v) is 6.89. The molecule has 1 aliphatic heterocycles. The first-order valence-electron chi connectivity index (χ1n) is 6.51. The number of ether oxygens (including phenoxy) is 1. The summed E-state index contributed by atoms with van der Waals surface area (Å²) < 4.78 is 4.80. The third kappa shape index (κ3) is 1.18. The predicted molar refractivity (Wildman–Crippen MR) is 72.5 cm³/mol. The summed E-state index contributed by atoms with van der Waals surface area (Å²) in [5, 5.41) is 0.161. The third-order valence-electron chi connectivity index (χ3n) is 4.66. The summed E-state index contributed by atoms with van der Waals surface area (Å²) in [6, 6.07) is 7.54. The van der Waals surface area contributed by atoms with Crippen LogP contribution < -0.4 is 0 Å². The minimum Gasteiger partial charge on any atom is -0.452 e. The molecule has 3 aliphatic rings. The summed E-state index contributed by atoms with van der Waals surface area (Å²) >= 11 is 6.29. The molecule has 102 valence electrons. The van der Waals surface area contributed by atoms with Crippen LogP contribution in [0.4, 0.5) is 4.79 Å². The molecular weight excluding hydrogens is 278 g/mol. The van der Waals surface area contributed by atoms with Crippen molar-refractivity contribution in [2.24, 2.45) is 5.92 Å². The molecule has 1 aromatic rings. The molecule has 2 fully saturated rings. The molecule has 20 heavy (non-hydrogen) atoms. The Bertz CT molecular complexity index is 696. The van der Waals surface area contributed by atoms with E-state index in [1.807, 2.05) is 24.3 Å². The lowest BCUT2D eigenvalue weighted by Crippen LogP contribution is -2.35. The highest BCUT2D eigenvalue weighted by Crippen LogP contribution is 2.67. The molecule has 5 heteroatoms. The van der Waals surface area contributed by atoms with Crippen LogP contribution in [-0.4, -0.2) is 30.4 Å². The third-order valence-corrected chi connectivity index (χ3v) is 5.01. The number of methoxy groups -OCH3 is 1. The number of carbonyl (C=O) groups excluding carboxylic acids is 2. The summed E-state index contributed by atoms with van der Waals surface area (Å²) in [5.74, 6) is 0.129. The van der Waals surface area contributed by atoms with E-state index in [1.54, 1.807) is 0 Å². The number of Topliss-reactive ketones (excluding diaryl/α,β-unsaturated/α-hetero) is 1. The molecule has 1 amide bonds. The number of carbonyl (C=O) groups is 2. The van der Waals surface area contributed by atoms with Crippen LogP contribution in [0.25, 0.3) is 0 Å². The fourth-order valence-electron chi connectivity index (χ4n) is 3.74. The monoisotopic (exact) mass is 289 g/mol. The van der Waals surface area contributed by atoms with E-state index in [0.717, 1.165) is 12.0 Å². The summed E-state index contributed by atoms with van der Waals surface area (Å²) in [6.45, 7) is 0.569. The van der Waals surface area contributed by atoms with Crippen LogP contribution >= 0.6 is 11.6 Å². The van der Waals surface area contributed by atoms with Crippen molar-refractivity contribution in [3.05, 3.63) is 46.1 Å². The lowest BCUT2D eigenvalue weighted by atomic mass is 9.81. The Balaban J connectivity index is 1.95. The van der Waals surface area contributed by atoms with Crippen molar-refractivity contribution in [1.82, 2.24) is 4.90 Å². The molecule has 1 spiro atoms. The number of nitrogens with zero attached hydrogens (tertiary/aromatic N) is 1. The van der Waals surface area contributed by atoms with Crippen LogP contribution in [0, 0.1) is 5.92 Å². The van der Waals surface area contributed by atoms with Gasteiger partial charge in [0, 0.05) is 17.5 Å². The Morgan fingerprint density at radius 1 is 1.45 bits per heavy atom. The van der Waals surface area contributed by atoms with Crippen molar-refractivity contribution >= 4 is 23.5 Å². The van der Waals surface area contributed by atoms with E-state index in [-0.39, 0.29) is 16.2 Å². The number of hydrogen-bond acceptors (Lipinski definition) is 3. The van der Waals surface area contributed by atoms with Crippen LogP contribution in [0.2, 0.25) is 0 Å². The van der Waals surface area contributed by atoms with Gasteiger partial charge in [0.05, 0.1) is 12.8 Å². The van der Waals surface area contributed by atoms with Gasteiger partial charge in [-0.05, 0) is 17.9 Å². The van der Waals surface area contributed by atoms with Crippen molar-refractivity contribution in [3.63, 3.8) is 0 Å². The first-order chi connectivity index (χ1) is 9.61. The average Bonchev–Trinajstić information content (AvgIpc) is 3.09. The lowest BCUT2D eigenvalue weighted by Gasteiger charge is -2.29. The Morgan fingerprint density at radius 3 is 2.95 bits per heavy atom. The maximum absolute atomic E-state index is 12.4. The maximum atomic E-state index is 12.4. The first kappa shape index (κ1) is 12.0. The number of halogens is 1. The van der Waals surface area contributed by atoms with E-state index < -0.39 is 6.09 Å². The highest BCUT2D eigenvalue weighted by atomic mass is 35.5. The number of benzene rings is 1. The van der Waals surface area contributed by atoms with E-state index >= 15 is 0 Å². The van der Waals surface area contributed by atoms with E-state index in [2.05, 4.69) is 0 Å². The minimum absolute atomic E-state index is 0.161. The zero-order valence-corrected chi connectivity index (χ0v) is 11.6. The number of allylic oxidation sites excluding steroid dienone is 2. The number of likely N-dealkylation sites (tertiary alicyclic amines) is 1. The fraction of sp³-hybridized carbons (Fsp3) is 0.333. The Labute approximate surface area is 121 Å². The van der Waals surface area contributed by atoms with Crippen molar-refractivity contribution < 1.29 is 14.3 Å². The summed E-state index contributed by atoms with van der Waals surface area (Å²) in [7, 11) is 1.34. The van der Waals surface area contributed by atoms with Gasteiger partial charge in [-0.25, -0.2) is 4.79 Å². The normalized spacial score (nSPS) is 29.8. The fourth-order valence-corrected chi connectivity index (χ4v) is 4.11. The van der Waals surface area contributed by atoms with Gasteiger partial charge in [-0.1, -0.05) is 35.9 Å². The topological polar surface area (TPSA) is 46.6 Å². The molecule has 1 saturated heterocycles. The molecular formula is C15H12ClNO3. The second kappa shape index (κ2) is 3.64. The van der Waals surface area contributed by atoms with Gasteiger partial charge in [0.2, 0.25) is 5.78 Å². The number of fused-ring (bicyclic) bond motifs is 1. The van der Waals surface area contributed by atoms with E-state index in [1.165, 1.54) is 12.0 Å². The van der Waals surface area contributed by atoms with Crippen LogP contribution in [0.5, 0.6) is 0 Å². The molecule has 1 aromatic carbocycles. The molecule has 2 atom stereocenters. The molecule has 0 radical (unpaired) electrons. The molecule has 2 aliphatic carbocycles. The molecule has 0 aromatic heterocycles. The molecule has 2 unspecified atom stereocenters. The highest BCUT2D eigenvalue weighted by molar-refractivity contribution is 6.46. The van der Waals surface area contributed by atoms with Gasteiger partial charge in [0.1, 0.15) is 5.03 Å². The van der Waals surface area contributed by atoms with E-state index in [9.17, 15) is 9.59 Å². The van der Waals surface area contributed by atoms with Crippen molar-refractivity contribution in [1.29, 1.82) is 0 Å². The zero-order chi connectivity index (χ0) is 14.1. The minimum atomic E-state index is -0.447. The van der Waals surface area contributed by atoms with Crippen LogP contribution in [0.1, 0.15) is 22.3 Å². The summed E-state index contributed by atoms with van der Waals surface area (Å²) in [4.78, 5) is 25.8. The number of ketones is 1. The van der Waals surface area contributed by atoms with Gasteiger partial charge in [-0.2, -0.15) is 0 Å². The Kier molecular flexibility index (Phi) is 2.18. The van der Waals surface area contributed by atoms with Gasteiger partial charge in [-0.15, -0.1) is 0 Å². The Hall–Kier alpha value is -1.81. The molecule has 1 saturated carbocycles. The molecule has 0 bridgehead atoms. The van der Waals surface area contributed by atoms with E-state index in [4.69, 9.17) is 16.3 Å². The molecule has 4 nitrogen and oxygen atoms in total. The van der Waals surface area contributed by atoms with Gasteiger partial charge in [-0.3, -0.25) is 9.69 Å². The maximum Gasteiger partial charge on any atom is 0.413 e. The van der Waals surface area contributed by atoms with Gasteiger partial charge in [0.15, 0.2) is 0 Å². The predicted octanol–water partition coefficient (Wildman–Crippen LogP) is 2.67. The largest absolute Gasteiger partial charge is 0.452 e. The van der Waals surface area contributed by atoms with Gasteiger partial charge in [0.25, 0.3) is 0 Å². The van der Waals surface area contributed by atoms with Crippen molar-refractivity contribution in [2.45, 2.75) is 11.8 Å². The molecule has 1 heterocycles. The lowest BCUT2D eigenvalue weighted by molar-refractivity contribution is 0.103. The van der Waals surface area contributed by atoms with Crippen LogP contribution in [-0.2, 0) is 10.2 Å². The molecule has 4 rings (SSSR count). The second-order valence-electron chi connectivity index (χ2n) is 5.49. The summed E-state index contributed by atoms with van der Waals surface area (Å²) in [5.41, 5.74) is 2.05. The smallest absolute Gasteiger partial charge is 0.413 e. The van der Waals surface area contributed by atoms with Crippen molar-refractivity contribution in [3.8, 4) is 0 Å². The van der Waals surface area contributed by atoms with Gasteiger partial charge >= 0.3 is 6.09 Å². The SMILES string of the molecule is COC(=O)N1CC2CC23C1=C(Cl)C(=O)c1ccccc13. The zero-order valence-electron chi connectivity index (χ0n) is 10.9. The number of hydrogen-bond donors (Lipinski definition) is 0. The van der Waals surface area contributed by atoms with Crippen LogP contribution in [0.3, 0.4) is 0 Å². The number of piperidine rings is 1. The van der Waals surface area contributed by atoms with Crippen molar-refractivity contribution in [2.75, 3.05) is 13.7 Å². The quantitative estimate of drug-likeness (QED) is 0.738. The standard InChI is InChI=1S/C15H12ClNO3/c1-20-14(19)17-7-8-6-15(8)10-5-3-2-4-9(10)12(18)11(16)13(15)17/h2-5,8H,6-7H2,1H3. The highest BCUT2D eigenvalue weighted by Gasteiger charge is 2.68. The average molecular weight is 290 g/mol. The van der Waals surface area contributed by atoms with Gasteiger partial charge < -0.3 is 4.74 Å². The number of amides is 1. The molecule has 0 N–H and O–H groups in total. The second-order valence-corrected chi connectivity index (χ2v) is 5.87. The Morgan fingerprint density at radius 2 is 2.20 bits per heavy atom.